The number of carbonyl (C=O) groups is 1. The van der Waals surface area contributed by atoms with Crippen LogP contribution in [0, 0.1) is 0 Å². The summed E-state index contributed by atoms with van der Waals surface area (Å²) in [4.78, 5) is 15.1. The van der Waals surface area contributed by atoms with Crippen molar-refractivity contribution in [3.63, 3.8) is 0 Å². The molecule has 2 aliphatic rings. The van der Waals surface area contributed by atoms with Crippen LogP contribution in [0.2, 0.25) is 0 Å². The Morgan fingerprint density at radius 2 is 1.88 bits per heavy atom. The zero-order valence-corrected chi connectivity index (χ0v) is 15.2. The quantitative estimate of drug-likeness (QED) is 0.850. The van der Waals surface area contributed by atoms with Crippen molar-refractivity contribution in [2.24, 2.45) is 0 Å². The lowest BCUT2D eigenvalue weighted by Gasteiger charge is -2.35. The number of rotatable bonds is 5. The van der Waals surface area contributed by atoms with E-state index >= 15 is 0 Å². The Hall–Kier alpha value is -1.47. The molecule has 25 heavy (non-hydrogen) atoms. The van der Waals surface area contributed by atoms with Crippen LogP contribution in [-0.2, 0) is 14.3 Å². The van der Waals surface area contributed by atoms with Crippen LogP contribution in [0.4, 0.5) is 5.69 Å². The van der Waals surface area contributed by atoms with Gasteiger partial charge < -0.3 is 20.1 Å². The second-order valence-electron chi connectivity index (χ2n) is 6.85. The second kappa shape index (κ2) is 8.27. The monoisotopic (exact) mass is 347 g/mol. The molecule has 2 aliphatic heterocycles. The van der Waals surface area contributed by atoms with Crippen LogP contribution in [0.25, 0.3) is 0 Å². The second-order valence-corrected chi connectivity index (χ2v) is 6.85. The maximum absolute atomic E-state index is 12.7. The van der Waals surface area contributed by atoms with E-state index in [9.17, 15) is 4.79 Å². The first-order valence-corrected chi connectivity index (χ1v) is 9.14. The summed E-state index contributed by atoms with van der Waals surface area (Å²) in [7, 11) is 1.62. The molecule has 0 spiro atoms. The van der Waals surface area contributed by atoms with E-state index in [1.165, 1.54) is 5.56 Å². The van der Waals surface area contributed by atoms with Crippen LogP contribution in [0.15, 0.2) is 24.3 Å². The average molecular weight is 347 g/mol. The fourth-order valence-electron chi connectivity index (χ4n) is 3.62. The van der Waals surface area contributed by atoms with Gasteiger partial charge in [0.2, 0.25) is 0 Å². The van der Waals surface area contributed by atoms with Gasteiger partial charge in [0.25, 0.3) is 5.91 Å². The van der Waals surface area contributed by atoms with Gasteiger partial charge in [-0.1, -0.05) is 12.1 Å². The molecule has 6 heteroatoms. The molecule has 0 bridgehead atoms. The van der Waals surface area contributed by atoms with Crippen LogP contribution in [0.3, 0.4) is 0 Å². The zero-order chi connectivity index (χ0) is 17.7. The Morgan fingerprint density at radius 1 is 1.24 bits per heavy atom. The molecule has 2 fully saturated rings. The summed E-state index contributed by atoms with van der Waals surface area (Å²) in [6.07, 6.45) is 1.39. The Bertz CT molecular complexity index is 564. The molecule has 2 saturated heterocycles. The number of nitrogens with zero attached hydrogens (tertiary/aromatic N) is 1. The number of amides is 1. The Morgan fingerprint density at radius 3 is 2.48 bits per heavy atom. The highest BCUT2D eigenvalue weighted by atomic mass is 16.5. The van der Waals surface area contributed by atoms with Crippen LogP contribution < -0.4 is 10.6 Å². The van der Waals surface area contributed by atoms with Gasteiger partial charge in [-0.3, -0.25) is 9.69 Å². The normalized spacial score (nSPS) is 22.3. The van der Waals surface area contributed by atoms with E-state index in [0.29, 0.717) is 18.9 Å². The van der Waals surface area contributed by atoms with Crippen molar-refractivity contribution in [3.05, 3.63) is 29.8 Å². The molecule has 0 saturated carbocycles. The van der Waals surface area contributed by atoms with Gasteiger partial charge in [-0.2, -0.15) is 0 Å². The lowest BCUT2D eigenvalue weighted by Crippen LogP contribution is -2.51. The summed E-state index contributed by atoms with van der Waals surface area (Å²) in [6.45, 7) is 7.34. The fraction of sp³-hybridized carbons (Fsp3) is 0.632. The fourth-order valence-corrected chi connectivity index (χ4v) is 3.62. The molecule has 6 nitrogen and oxygen atoms in total. The number of morpholine rings is 1. The van der Waals surface area contributed by atoms with Crippen LogP contribution in [-0.4, -0.2) is 62.9 Å². The average Bonchev–Trinajstić information content (AvgIpc) is 2.69. The smallest absolute Gasteiger partial charge is 0.256 e. The van der Waals surface area contributed by atoms with E-state index in [-0.39, 0.29) is 5.91 Å². The largest absolute Gasteiger partial charge is 0.379 e. The highest BCUT2D eigenvalue weighted by Gasteiger charge is 2.39. The lowest BCUT2D eigenvalue weighted by atomic mass is 9.91. The van der Waals surface area contributed by atoms with Crippen molar-refractivity contribution in [3.8, 4) is 0 Å². The van der Waals surface area contributed by atoms with Crippen molar-refractivity contribution in [1.29, 1.82) is 0 Å². The molecule has 3 rings (SSSR count). The van der Waals surface area contributed by atoms with Crippen molar-refractivity contribution in [1.82, 2.24) is 10.2 Å². The van der Waals surface area contributed by atoms with Crippen molar-refractivity contribution < 1.29 is 14.3 Å². The zero-order valence-electron chi connectivity index (χ0n) is 15.2. The van der Waals surface area contributed by atoms with Gasteiger partial charge in [0.05, 0.1) is 13.2 Å². The molecule has 0 aliphatic carbocycles. The molecule has 1 aromatic rings. The van der Waals surface area contributed by atoms with E-state index in [1.807, 2.05) is 12.1 Å². The Kier molecular flexibility index (Phi) is 6.06. The molecule has 1 atom stereocenters. The third kappa shape index (κ3) is 4.20. The maximum atomic E-state index is 12.7. The van der Waals surface area contributed by atoms with Crippen molar-refractivity contribution in [2.75, 3.05) is 51.8 Å². The first kappa shape index (κ1) is 18.3. The van der Waals surface area contributed by atoms with Gasteiger partial charge in [-0.15, -0.1) is 0 Å². The molecule has 0 aromatic heterocycles. The predicted molar refractivity (Wildman–Crippen MR) is 97.7 cm³/mol. The summed E-state index contributed by atoms with van der Waals surface area (Å²) in [5.41, 5.74) is 1.35. The third-order valence-corrected chi connectivity index (χ3v) is 5.46. The van der Waals surface area contributed by atoms with E-state index in [4.69, 9.17) is 9.47 Å². The third-order valence-electron chi connectivity index (χ3n) is 5.46. The van der Waals surface area contributed by atoms with Gasteiger partial charge in [0.15, 0.2) is 0 Å². The Balaban J connectivity index is 1.62. The molecule has 1 unspecified atom stereocenters. The van der Waals surface area contributed by atoms with E-state index in [2.05, 4.69) is 34.6 Å². The van der Waals surface area contributed by atoms with Gasteiger partial charge >= 0.3 is 0 Å². The number of hydrogen-bond acceptors (Lipinski definition) is 5. The van der Waals surface area contributed by atoms with Gasteiger partial charge in [0.1, 0.15) is 5.60 Å². The number of benzene rings is 1. The standard InChI is InChI=1S/C19H29N3O3/c1-15(22-11-13-25-14-12-22)16-3-5-17(6-4-16)21-18(23)19(24-2)7-9-20-10-8-19/h3-6,15,20H,7-14H2,1-2H3,(H,21,23). The number of hydrogen-bond donors (Lipinski definition) is 2. The van der Waals surface area contributed by atoms with Gasteiger partial charge in [-0.25, -0.2) is 0 Å². The van der Waals surface area contributed by atoms with Crippen LogP contribution in [0.5, 0.6) is 0 Å². The number of piperidine rings is 1. The molecular weight excluding hydrogens is 318 g/mol. The SMILES string of the molecule is COC1(C(=O)Nc2ccc(C(C)N3CCOCC3)cc2)CCNCC1. The minimum atomic E-state index is -0.717. The number of ether oxygens (including phenoxy) is 2. The van der Waals surface area contributed by atoms with Crippen LogP contribution in [0.1, 0.15) is 31.4 Å². The predicted octanol–water partition coefficient (Wildman–Crippen LogP) is 1.79. The lowest BCUT2D eigenvalue weighted by molar-refractivity contribution is -0.140. The minimum absolute atomic E-state index is 0.0505. The Labute approximate surface area is 149 Å². The number of anilines is 1. The van der Waals surface area contributed by atoms with Gasteiger partial charge in [-0.05, 0) is 50.6 Å². The minimum Gasteiger partial charge on any atom is -0.379 e. The molecule has 2 N–H and O–H groups in total. The van der Waals surface area contributed by atoms with E-state index in [1.54, 1.807) is 7.11 Å². The van der Waals surface area contributed by atoms with E-state index < -0.39 is 5.60 Å². The van der Waals surface area contributed by atoms with Crippen molar-refractivity contribution in [2.45, 2.75) is 31.4 Å². The van der Waals surface area contributed by atoms with Crippen LogP contribution >= 0.6 is 0 Å². The highest BCUT2D eigenvalue weighted by molar-refractivity contribution is 5.97. The van der Waals surface area contributed by atoms with E-state index in [0.717, 1.165) is 45.1 Å². The molecule has 1 amide bonds. The first-order chi connectivity index (χ1) is 12.1. The molecule has 2 heterocycles. The molecule has 138 valence electrons. The topological polar surface area (TPSA) is 62.8 Å². The molecule has 1 aromatic carbocycles. The number of methoxy groups -OCH3 is 1. The maximum Gasteiger partial charge on any atom is 0.256 e. The summed E-state index contributed by atoms with van der Waals surface area (Å²) in [6, 6.07) is 8.50. The first-order valence-electron chi connectivity index (χ1n) is 9.14. The highest BCUT2D eigenvalue weighted by Crippen LogP contribution is 2.26. The summed E-state index contributed by atoms with van der Waals surface area (Å²) < 4.78 is 11.0. The molecular formula is C19H29N3O3. The molecule has 0 radical (unpaired) electrons. The van der Waals surface area contributed by atoms with Gasteiger partial charge in [0, 0.05) is 31.9 Å². The van der Waals surface area contributed by atoms with Crippen molar-refractivity contribution >= 4 is 11.6 Å². The summed E-state index contributed by atoms with van der Waals surface area (Å²) in [5.74, 6) is -0.0505. The summed E-state index contributed by atoms with van der Waals surface area (Å²) >= 11 is 0. The summed E-state index contributed by atoms with van der Waals surface area (Å²) in [5, 5.41) is 6.29. The number of nitrogens with one attached hydrogen (secondary N) is 2. The number of carbonyl (C=O) groups excluding carboxylic acids is 1.